The number of aromatic nitrogens is 1. The topological polar surface area (TPSA) is 67.2 Å². The molecule has 1 heterocycles. The van der Waals surface area contributed by atoms with Crippen molar-refractivity contribution in [2.75, 3.05) is 11.2 Å². The lowest BCUT2D eigenvalue weighted by Gasteiger charge is -2.08. The number of hydrogen-bond acceptors (Lipinski definition) is 4. The molecule has 8 heteroatoms. The van der Waals surface area contributed by atoms with E-state index in [1.54, 1.807) is 30.3 Å². The molecule has 0 saturated carbocycles. The summed E-state index contributed by atoms with van der Waals surface area (Å²) in [5.41, 5.74) is 2.81. The van der Waals surface area contributed by atoms with Gasteiger partial charge in [-0.15, -0.1) is 11.6 Å². The van der Waals surface area contributed by atoms with Crippen molar-refractivity contribution in [1.29, 1.82) is 0 Å². The Kier molecular flexibility index (Phi) is 6.08. The summed E-state index contributed by atoms with van der Waals surface area (Å²) in [6.07, 6.45) is 0.934. The van der Waals surface area contributed by atoms with Crippen LogP contribution in [-0.4, -0.2) is 21.9 Å². The number of rotatable bonds is 5. The second-order valence-electron chi connectivity index (χ2n) is 5.51. The molecule has 0 aliphatic heterocycles. The minimum Gasteiger partial charge on any atom is -0.436 e. The van der Waals surface area contributed by atoms with Crippen molar-refractivity contribution in [2.24, 2.45) is 0 Å². The van der Waals surface area contributed by atoms with E-state index in [0.29, 0.717) is 46.4 Å². The van der Waals surface area contributed by atoms with Crippen molar-refractivity contribution < 1.29 is 9.21 Å². The molecule has 0 fully saturated rings. The summed E-state index contributed by atoms with van der Waals surface area (Å²) in [5, 5.41) is 6.41. The molecule has 3 rings (SSSR count). The fourth-order valence-electron chi connectivity index (χ4n) is 2.33. The Morgan fingerprint density at radius 3 is 2.85 bits per heavy atom. The summed E-state index contributed by atoms with van der Waals surface area (Å²) >= 11 is 16.7. The van der Waals surface area contributed by atoms with Crippen LogP contribution in [0.1, 0.15) is 12.8 Å². The number of benzene rings is 2. The van der Waals surface area contributed by atoms with Gasteiger partial charge in [-0.3, -0.25) is 4.79 Å². The van der Waals surface area contributed by atoms with Crippen LogP contribution >= 0.6 is 35.4 Å². The third-order valence-electron chi connectivity index (χ3n) is 3.51. The van der Waals surface area contributed by atoms with Crippen molar-refractivity contribution in [3.63, 3.8) is 0 Å². The van der Waals surface area contributed by atoms with E-state index < -0.39 is 0 Å². The van der Waals surface area contributed by atoms with E-state index in [0.717, 1.165) is 5.56 Å². The zero-order valence-electron chi connectivity index (χ0n) is 13.6. The van der Waals surface area contributed by atoms with Gasteiger partial charge in [-0.1, -0.05) is 17.7 Å². The number of fused-ring (bicyclic) bond motifs is 1. The molecule has 2 N–H and O–H groups in total. The van der Waals surface area contributed by atoms with Gasteiger partial charge in [0.25, 0.3) is 0 Å². The maximum absolute atomic E-state index is 11.7. The third kappa shape index (κ3) is 4.72. The summed E-state index contributed by atoms with van der Waals surface area (Å²) in [6.45, 7) is 0. The van der Waals surface area contributed by atoms with E-state index in [-0.39, 0.29) is 11.0 Å². The van der Waals surface area contributed by atoms with Crippen LogP contribution in [0.4, 0.5) is 5.69 Å². The molecule has 0 radical (unpaired) electrons. The van der Waals surface area contributed by atoms with Gasteiger partial charge in [-0.2, -0.15) is 0 Å². The molecular formula is C18H15Cl2N3O2S. The highest BCUT2D eigenvalue weighted by Gasteiger charge is 2.10. The van der Waals surface area contributed by atoms with Gasteiger partial charge in [0.05, 0.1) is 0 Å². The second-order valence-corrected chi connectivity index (χ2v) is 6.73. The molecule has 3 aromatic rings. The number of nitrogens with one attached hydrogen (secondary N) is 2. The van der Waals surface area contributed by atoms with Gasteiger partial charge in [-0.25, -0.2) is 4.98 Å². The van der Waals surface area contributed by atoms with Gasteiger partial charge in [0, 0.05) is 28.6 Å². The number of nitrogens with zero attached hydrogens (tertiary/aromatic N) is 1. The molecule has 1 amide bonds. The van der Waals surface area contributed by atoms with E-state index >= 15 is 0 Å². The molecule has 2 aromatic carbocycles. The number of anilines is 1. The van der Waals surface area contributed by atoms with Gasteiger partial charge >= 0.3 is 0 Å². The van der Waals surface area contributed by atoms with Crippen LogP contribution in [0.5, 0.6) is 0 Å². The Morgan fingerprint density at radius 2 is 2.08 bits per heavy atom. The Hall–Kier alpha value is -2.15. The standard InChI is InChI=1S/C18H15Cl2N3O2S/c19-8-2-5-16(24)23-18(26)21-13-6-7-15-14(10-13)22-17(25-15)11-3-1-4-12(20)9-11/h1,3-4,6-7,9-10H,2,5,8H2,(H2,21,23,24,26). The van der Waals surface area contributed by atoms with Crippen molar-refractivity contribution in [3.05, 3.63) is 47.5 Å². The Balaban J connectivity index is 1.73. The smallest absolute Gasteiger partial charge is 0.227 e. The molecule has 1 aromatic heterocycles. The first-order chi connectivity index (χ1) is 12.5. The fourth-order valence-corrected chi connectivity index (χ4v) is 2.88. The minimum absolute atomic E-state index is 0.172. The average Bonchev–Trinajstić information content (AvgIpc) is 3.03. The van der Waals surface area contributed by atoms with E-state index in [1.807, 2.05) is 12.1 Å². The number of alkyl halides is 1. The maximum Gasteiger partial charge on any atom is 0.227 e. The lowest BCUT2D eigenvalue weighted by atomic mass is 10.2. The van der Waals surface area contributed by atoms with Gasteiger partial charge < -0.3 is 15.1 Å². The highest BCUT2D eigenvalue weighted by molar-refractivity contribution is 7.80. The predicted octanol–water partition coefficient (Wildman–Crippen LogP) is 4.98. The number of oxazole rings is 1. The Bertz CT molecular complexity index is 959. The van der Waals surface area contributed by atoms with Gasteiger partial charge in [0.2, 0.25) is 11.8 Å². The third-order valence-corrected chi connectivity index (χ3v) is 4.21. The van der Waals surface area contributed by atoms with E-state index in [9.17, 15) is 4.79 Å². The first-order valence-corrected chi connectivity index (χ1v) is 9.20. The lowest BCUT2D eigenvalue weighted by Crippen LogP contribution is -2.33. The Labute approximate surface area is 165 Å². The SMILES string of the molecule is O=C(CCCCl)NC(=S)Nc1ccc2oc(-c3cccc(Cl)c3)nc2c1. The van der Waals surface area contributed by atoms with Gasteiger partial charge in [-0.05, 0) is 55.0 Å². The van der Waals surface area contributed by atoms with Crippen molar-refractivity contribution in [2.45, 2.75) is 12.8 Å². The highest BCUT2D eigenvalue weighted by Crippen LogP contribution is 2.27. The number of carbonyl (C=O) groups excluding carboxylic acids is 1. The van der Waals surface area contributed by atoms with Crippen LogP contribution in [0.2, 0.25) is 5.02 Å². The summed E-state index contributed by atoms with van der Waals surface area (Å²) < 4.78 is 5.77. The van der Waals surface area contributed by atoms with Gasteiger partial charge in [0.15, 0.2) is 10.7 Å². The zero-order valence-corrected chi connectivity index (χ0v) is 15.9. The molecule has 134 valence electrons. The molecule has 0 unspecified atom stereocenters. The molecule has 5 nitrogen and oxygen atoms in total. The molecule has 0 atom stereocenters. The van der Waals surface area contributed by atoms with Crippen LogP contribution in [0.25, 0.3) is 22.6 Å². The first kappa shape index (κ1) is 18.6. The van der Waals surface area contributed by atoms with Crippen molar-refractivity contribution in [3.8, 4) is 11.5 Å². The molecule has 0 aliphatic carbocycles. The van der Waals surface area contributed by atoms with Crippen molar-refractivity contribution in [1.82, 2.24) is 10.3 Å². The second kappa shape index (κ2) is 8.49. The molecular weight excluding hydrogens is 393 g/mol. The summed E-state index contributed by atoms with van der Waals surface area (Å²) in [5.74, 6) is 0.747. The number of carbonyl (C=O) groups is 1. The quantitative estimate of drug-likeness (QED) is 0.461. The minimum atomic E-state index is -0.172. The molecule has 0 spiro atoms. The normalized spacial score (nSPS) is 10.7. The summed E-state index contributed by atoms with van der Waals surface area (Å²) in [4.78, 5) is 16.2. The van der Waals surface area contributed by atoms with Crippen LogP contribution in [0.3, 0.4) is 0 Å². The fraction of sp³-hybridized carbons (Fsp3) is 0.167. The van der Waals surface area contributed by atoms with Crippen molar-refractivity contribution >= 4 is 63.2 Å². The average molecular weight is 408 g/mol. The molecule has 0 saturated heterocycles. The van der Waals surface area contributed by atoms with Crippen LogP contribution in [0.15, 0.2) is 46.9 Å². The van der Waals surface area contributed by atoms with Gasteiger partial charge in [0.1, 0.15) is 5.52 Å². The van der Waals surface area contributed by atoms with Crippen LogP contribution in [0, 0.1) is 0 Å². The highest BCUT2D eigenvalue weighted by atomic mass is 35.5. The van der Waals surface area contributed by atoms with E-state index in [4.69, 9.17) is 39.8 Å². The predicted molar refractivity (Wildman–Crippen MR) is 109 cm³/mol. The number of hydrogen-bond donors (Lipinski definition) is 2. The Morgan fingerprint density at radius 1 is 1.23 bits per heavy atom. The molecule has 0 aliphatic rings. The summed E-state index contributed by atoms with van der Waals surface area (Å²) in [6, 6.07) is 12.7. The first-order valence-electron chi connectivity index (χ1n) is 7.88. The molecule has 26 heavy (non-hydrogen) atoms. The van der Waals surface area contributed by atoms with Crippen LogP contribution in [-0.2, 0) is 4.79 Å². The summed E-state index contributed by atoms with van der Waals surface area (Å²) in [7, 11) is 0. The number of amides is 1. The lowest BCUT2D eigenvalue weighted by molar-refractivity contribution is -0.119. The van der Waals surface area contributed by atoms with E-state index in [1.165, 1.54) is 0 Å². The largest absolute Gasteiger partial charge is 0.436 e. The number of halogens is 2. The van der Waals surface area contributed by atoms with Crippen LogP contribution < -0.4 is 10.6 Å². The number of thiocarbonyl (C=S) groups is 1. The monoisotopic (exact) mass is 407 g/mol. The maximum atomic E-state index is 11.7. The molecule has 0 bridgehead atoms. The van der Waals surface area contributed by atoms with E-state index in [2.05, 4.69) is 15.6 Å². The zero-order chi connectivity index (χ0) is 18.5.